The average molecular weight is 1140 g/mol. The number of aromatic nitrogens is 4. The van der Waals surface area contributed by atoms with Crippen LogP contribution in [-0.2, 0) is 34.4 Å². The maximum Gasteiger partial charge on any atom is 0.261 e. The van der Waals surface area contributed by atoms with E-state index in [4.69, 9.17) is 14.2 Å². The fourth-order valence-corrected chi connectivity index (χ4v) is 11.2. The molecule has 7 aromatic rings. The van der Waals surface area contributed by atoms with Crippen molar-refractivity contribution in [2.75, 3.05) is 25.6 Å². The van der Waals surface area contributed by atoms with Crippen LogP contribution in [-0.4, -0.2) is 91.6 Å². The van der Waals surface area contributed by atoms with Gasteiger partial charge in [0.1, 0.15) is 24.0 Å². The van der Waals surface area contributed by atoms with E-state index < -0.39 is 40.8 Å². The van der Waals surface area contributed by atoms with Gasteiger partial charge in [0.2, 0.25) is 29.0 Å². The first-order valence-corrected chi connectivity index (χ1v) is 29.1. The number of pyridine rings is 1. The maximum atomic E-state index is 15.6. The summed E-state index contributed by atoms with van der Waals surface area (Å²) < 4.78 is 35.2. The van der Waals surface area contributed by atoms with Crippen molar-refractivity contribution in [3.63, 3.8) is 0 Å². The van der Waals surface area contributed by atoms with Gasteiger partial charge < -0.3 is 44.7 Å². The van der Waals surface area contributed by atoms with Gasteiger partial charge in [-0.25, -0.2) is 19.3 Å². The van der Waals surface area contributed by atoms with E-state index in [1.165, 1.54) is 30.5 Å². The number of amides is 4. The number of aliphatic hydroxyl groups excluding tert-OH is 1. The van der Waals surface area contributed by atoms with Gasteiger partial charge in [0, 0.05) is 61.9 Å². The second-order valence-electron chi connectivity index (χ2n) is 22.2. The van der Waals surface area contributed by atoms with Crippen LogP contribution in [0, 0.1) is 25.1 Å². The molecule has 0 bridgehead atoms. The molecule has 0 radical (unpaired) electrons. The van der Waals surface area contributed by atoms with Crippen molar-refractivity contribution >= 4 is 62.5 Å². The molecular weight excluding hydrogens is 1060 g/mol. The highest BCUT2D eigenvalue weighted by atomic mass is 32.1. The van der Waals surface area contributed by atoms with Gasteiger partial charge in [-0.2, -0.15) is 0 Å². The van der Waals surface area contributed by atoms with Gasteiger partial charge in [-0.15, -0.1) is 11.3 Å². The van der Waals surface area contributed by atoms with Gasteiger partial charge in [0.15, 0.2) is 23.1 Å². The molecule has 0 saturated carbocycles. The Bertz CT molecular complexity index is 3490. The predicted octanol–water partition coefficient (Wildman–Crippen LogP) is 11.1. The lowest BCUT2D eigenvalue weighted by Gasteiger charge is -2.35. The van der Waals surface area contributed by atoms with Crippen molar-refractivity contribution < 1.29 is 42.9 Å². The van der Waals surface area contributed by atoms with Crippen LogP contribution >= 0.6 is 11.3 Å². The van der Waals surface area contributed by atoms with Gasteiger partial charge in [-0.05, 0) is 85.5 Å². The molecule has 4 heterocycles. The number of rotatable bonds is 25. The first-order chi connectivity index (χ1) is 39.3. The molecule has 17 nitrogen and oxygen atoms in total. The Morgan fingerprint density at radius 3 is 2.22 bits per heavy atom. The molecule has 19 heteroatoms. The lowest BCUT2D eigenvalue weighted by Crippen LogP contribution is -2.57. The zero-order valence-electron chi connectivity index (χ0n) is 48.2. The highest BCUT2D eigenvalue weighted by molar-refractivity contribution is 7.13. The van der Waals surface area contributed by atoms with E-state index in [1.54, 1.807) is 48.1 Å². The summed E-state index contributed by atoms with van der Waals surface area (Å²) in [5.74, 6) is -1.45. The summed E-state index contributed by atoms with van der Waals surface area (Å²) in [6.07, 6.45) is 10.2. The number of carbonyl (C=O) groups is 4. The van der Waals surface area contributed by atoms with E-state index in [0.29, 0.717) is 52.0 Å². The Morgan fingerprint density at radius 1 is 0.841 bits per heavy atom. The fraction of sp³-hybridized carbons (Fsp3) is 0.429. The number of aliphatic hydroxyl groups is 1. The van der Waals surface area contributed by atoms with Crippen LogP contribution < -0.4 is 35.6 Å². The molecule has 4 aromatic carbocycles. The van der Waals surface area contributed by atoms with Crippen molar-refractivity contribution in [1.82, 2.24) is 35.1 Å². The van der Waals surface area contributed by atoms with E-state index >= 15 is 4.39 Å². The van der Waals surface area contributed by atoms with E-state index in [0.717, 1.165) is 91.1 Å². The highest BCUT2D eigenvalue weighted by Gasteiger charge is 2.44. The smallest absolute Gasteiger partial charge is 0.261 e. The lowest BCUT2D eigenvalue weighted by atomic mass is 9.85. The minimum Gasteiger partial charge on any atom is -0.493 e. The monoisotopic (exact) mass is 1140 g/mol. The first-order valence-electron chi connectivity index (χ1n) is 28.3. The molecule has 3 unspecified atom stereocenters. The number of aryl methyl sites for hydroxylation is 3. The van der Waals surface area contributed by atoms with Crippen molar-refractivity contribution in [1.29, 1.82) is 0 Å². The Kier molecular flexibility index (Phi) is 20.1. The topological polar surface area (TPSA) is 216 Å². The van der Waals surface area contributed by atoms with Crippen LogP contribution in [0.15, 0.2) is 89.4 Å². The number of methoxy groups -OCH3 is 1. The number of nitrogens with one attached hydrogen (secondary N) is 3. The second-order valence-corrected chi connectivity index (χ2v) is 23.0. The summed E-state index contributed by atoms with van der Waals surface area (Å²) in [6, 6.07) is 19.3. The molecule has 1 aliphatic rings. The molecule has 434 valence electrons. The number of unbranched alkanes of at least 4 members (excludes halogenated alkanes) is 8. The number of β-amino-alcohol motifs (C(OH)–C–C–N with tert-alkyl or cyclic N) is 1. The highest BCUT2D eigenvalue weighted by Crippen LogP contribution is 2.37. The number of carbonyl (C=O) groups excluding carboxylic acids is 4. The SMILES string of the molecule is CCc1ccc2c(c1)c(=O)c(C(=O)Nc1ccc(Oc3ncnc4cc(OCCCCCCCCCCCC(=O)NC(C(=O)N5CC(O)CC5C(=O)NCc5ccc(-c6scnc6C)cc5)C(C)(C)C)c(OC)cc34)c(F)c1)c(C)n2C. The van der Waals surface area contributed by atoms with Crippen LogP contribution in [0.3, 0.4) is 0 Å². The summed E-state index contributed by atoms with van der Waals surface area (Å²) in [4.78, 5) is 83.4. The minimum absolute atomic E-state index is 0.0178. The van der Waals surface area contributed by atoms with Gasteiger partial charge in [0.25, 0.3) is 5.91 Å². The first kappa shape index (κ1) is 60.3. The molecule has 3 aromatic heterocycles. The Balaban J connectivity index is 0.727. The molecule has 4 N–H and O–H groups in total. The molecule has 4 amide bonds. The number of ether oxygens (including phenoxy) is 3. The molecule has 1 saturated heterocycles. The number of benzene rings is 4. The number of halogens is 1. The zero-order valence-corrected chi connectivity index (χ0v) is 49.0. The second kappa shape index (κ2) is 27.3. The largest absolute Gasteiger partial charge is 0.493 e. The fourth-order valence-electron chi connectivity index (χ4n) is 10.4. The van der Waals surface area contributed by atoms with Gasteiger partial charge >= 0.3 is 0 Å². The van der Waals surface area contributed by atoms with E-state index in [-0.39, 0.29) is 66.5 Å². The van der Waals surface area contributed by atoms with Crippen LogP contribution in [0.2, 0.25) is 0 Å². The third kappa shape index (κ3) is 14.6. The van der Waals surface area contributed by atoms with E-state index in [1.807, 2.05) is 76.5 Å². The molecular formula is C63H75FN8O9S. The number of anilines is 1. The van der Waals surface area contributed by atoms with E-state index in [2.05, 4.69) is 30.9 Å². The van der Waals surface area contributed by atoms with Gasteiger partial charge in [0.05, 0.1) is 52.3 Å². The van der Waals surface area contributed by atoms with Crippen molar-refractivity contribution in [3.8, 4) is 33.6 Å². The average Bonchev–Trinajstić information content (AvgIpc) is 3.17. The summed E-state index contributed by atoms with van der Waals surface area (Å²) in [7, 11) is 3.32. The Morgan fingerprint density at radius 2 is 1.55 bits per heavy atom. The summed E-state index contributed by atoms with van der Waals surface area (Å²) in [5, 5.41) is 20.1. The maximum absolute atomic E-state index is 15.6. The number of fused-ring (bicyclic) bond motifs is 2. The molecule has 0 aliphatic carbocycles. The standard InChI is InChI=1S/C63H75FN8O9S/c1-9-40-22-26-49-46(29-40)56(75)55(39(3)71(49)7)60(77)69-43-25-27-51(47(64)30-43)81-61-45-32-52(79-8)53(33-48(45)66-36-67-61)80-28-18-16-14-12-10-11-13-15-17-19-54(74)70-58(63(4,5)6)62(78)72-35-44(73)31-50(72)59(76)65-34-41-20-23-42(24-21-41)57-38(2)68-37-82-57/h20-27,29-30,32-33,36-37,44,50,58,73H,9-19,28,31,34-35H2,1-8H3,(H,65,76)(H,69,77)(H,70,74). The molecule has 1 aliphatic heterocycles. The molecule has 0 spiro atoms. The molecule has 1 fully saturated rings. The quantitative estimate of drug-likeness (QED) is 0.0393. The Labute approximate surface area is 482 Å². The number of nitrogens with zero attached hydrogens (tertiary/aromatic N) is 5. The third-order valence-electron chi connectivity index (χ3n) is 15.2. The van der Waals surface area contributed by atoms with Crippen LogP contribution in [0.4, 0.5) is 10.1 Å². The molecule has 3 atom stereocenters. The number of likely N-dealkylation sites (tertiary alicyclic amines) is 1. The zero-order chi connectivity index (χ0) is 58.7. The van der Waals surface area contributed by atoms with Crippen LogP contribution in [0.5, 0.6) is 23.1 Å². The van der Waals surface area contributed by atoms with E-state index in [9.17, 15) is 29.1 Å². The summed E-state index contributed by atoms with van der Waals surface area (Å²) in [6.45, 7) is 12.1. The lowest BCUT2D eigenvalue weighted by molar-refractivity contribution is -0.144. The van der Waals surface area contributed by atoms with Gasteiger partial charge in [-0.1, -0.05) is 103 Å². The predicted molar refractivity (Wildman–Crippen MR) is 317 cm³/mol. The molecule has 82 heavy (non-hydrogen) atoms. The number of thiazole rings is 1. The minimum atomic E-state index is -0.870. The third-order valence-corrected chi connectivity index (χ3v) is 16.2. The van der Waals surface area contributed by atoms with Crippen LogP contribution in [0.25, 0.3) is 32.2 Å². The Hall–Kier alpha value is -7.77. The summed E-state index contributed by atoms with van der Waals surface area (Å²) in [5.41, 5.74) is 6.52. The van der Waals surface area contributed by atoms with Gasteiger partial charge in [-0.3, -0.25) is 24.0 Å². The van der Waals surface area contributed by atoms with Crippen molar-refractivity contribution in [3.05, 3.63) is 129 Å². The number of hydrogen-bond donors (Lipinski definition) is 4. The van der Waals surface area contributed by atoms with Crippen molar-refractivity contribution in [2.45, 2.75) is 143 Å². The normalized spacial score (nSPS) is 14.7. The number of hydrogen-bond acceptors (Lipinski definition) is 13. The molecule has 8 rings (SSSR count). The van der Waals surface area contributed by atoms with Crippen molar-refractivity contribution in [2.24, 2.45) is 12.5 Å². The van der Waals surface area contributed by atoms with Crippen LogP contribution in [0.1, 0.15) is 131 Å². The summed E-state index contributed by atoms with van der Waals surface area (Å²) >= 11 is 1.58.